The van der Waals surface area contributed by atoms with Crippen LogP contribution in [0.15, 0.2) is 23.2 Å². The van der Waals surface area contributed by atoms with Gasteiger partial charge >= 0.3 is 0 Å². The molecule has 0 bridgehead atoms. The summed E-state index contributed by atoms with van der Waals surface area (Å²) in [4.78, 5) is 4.46. The average Bonchev–Trinajstić information content (AvgIpc) is 2.24. The van der Waals surface area contributed by atoms with Crippen molar-refractivity contribution in [3.05, 3.63) is 23.8 Å². The Morgan fingerprint density at radius 3 is 2.59 bits per heavy atom. The summed E-state index contributed by atoms with van der Waals surface area (Å²) in [6.07, 6.45) is 3.51. The number of nitrogens with zero attached hydrogens (tertiary/aromatic N) is 1. The van der Waals surface area contributed by atoms with Crippen molar-refractivity contribution < 1.29 is 0 Å². The molecule has 0 amide bonds. The van der Waals surface area contributed by atoms with Gasteiger partial charge < -0.3 is 11.1 Å². The zero-order valence-corrected chi connectivity index (χ0v) is 11.5. The molecule has 0 fully saturated rings. The topological polar surface area (TPSA) is 50.4 Å². The van der Waals surface area contributed by atoms with E-state index in [1.807, 2.05) is 18.2 Å². The molecule has 0 radical (unpaired) electrons. The molecule has 3 N–H and O–H groups in total. The molecular weight excluding hydrogens is 257 g/mol. The lowest BCUT2D eigenvalue weighted by Gasteiger charge is -2.15. The van der Waals surface area contributed by atoms with Crippen LogP contribution in [0, 0.1) is 6.92 Å². The predicted octanol–water partition coefficient (Wildman–Crippen LogP) is 3.42. The van der Waals surface area contributed by atoms with Crippen LogP contribution in [0.4, 0.5) is 11.4 Å². The van der Waals surface area contributed by atoms with E-state index >= 15 is 0 Å². The molecule has 1 aliphatic heterocycles. The van der Waals surface area contributed by atoms with E-state index in [9.17, 15) is 0 Å². The molecule has 0 saturated heterocycles. The lowest BCUT2D eigenvalue weighted by Crippen LogP contribution is -2.16. The summed E-state index contributed by atoms with van der Waals surface area (Å²) >= 11 is 0. The lowest BCUT2D eigenvalue weighted by molar-refractivity contribution is 0.737. The maximum Gasteiger partial charge on any atom is 0.101 e. The standard InChI is InChI=1S/C12H17N3.2ClH/c1-9-8-10(13)5-6-11(9)15-12-4-2-3-7-14-12;;/h5-6,8H,2-4,7,13H2,1H3,(H,14,15);2*1H. The van der Waals surface area contributed by atoms with Crippen LogP contribution in [0.5, 0.6) is 0 Å². The Morgan fingerprint density at radius 2 is 2.00 bits per heavy atom. The zero-order chi connectivity index (χ0) is 10.7. The molecule has 1 heterocycles. The molecule has 1 aromatic rings. The number of nitrogens with one attached hydrogen (secondary N) is 1. The SMILES string of the molecule is Cc1cc(N)ccc1NC1=NCCCC1.Cl.Cl. The van der Waals surface area contributed by atoms with Gasteiger partial charge in [-0.2, -0.15) is 0 Å². The van der Waals surface area contributed by atoms with Gasteiger partial charge in [-0.25, -0.2) is 0 Å². The molecule has 0 saturated carbocycles. The van der Waals surface area contributed by atoms with Crippen molar-refractivity contribution >= 4 is 42.0 Å². The number of aliphatic imine (C=N–C) groups is 1. The second-order valence-electron chi connectivity index (χ2n) is 3.98. The fourth-order valence-electron chi connectivity index (χ4n) is 1.78. The Hall–Kier alpha value is -0.930. The minimum absolute atomic E-state index is 0. The summed E-state index contributed by atoms with van der Waals surface area (Å²) in [6.45, 7) is 3.01. The third kappa shape index (κ3) is 4.44. The van der Waals surface area contributed by atoms with Gasteiger partial charge in [0.2, 0.25) is 0 Å². The molecule has 0 aromatic heterocycles. The van der Waals surface area contributed by atoms with E-state index < -0.39 is 0 Å². The molecule has 0 atom stereocenters. The van der Waals surface area contributed by atoms with Crippen LogP contribution >= 0.6 is 24.8 Å². The number of aryl methyl sites for hydroxylation is 1. The fraction of sp³-hybridized carbons (Fsp3) is 0.417. The number of benzene rings is 1. The molecule has 0 unspecified atom stereocenters. The van der Waals surface area contributed by atoms with Gasteiger partial charge in [-0.15, -0.1) is 24.8 Å². The van der Waals surface area contributed by atoms with E-state index in [0.29, 0.717) is 0 Å². The first kappa shape index (κ1) is 16.1. The molecule has 1 aromatic carbocycles. The highest BCUT2D eigenvalue weighted by molar-refractivity contribution is 5.96. The Labute approximate surface area is 115 Å². The first-order valence-corrected chi connectivity index (χ1v) is 5.42. The Morgan fingerprint density at radius 1 is 1.24 bits per heavy atom. The van der Waals surface area contributed by atoms with Crippen LogP contribution in [0.3, 0.4) is 0 Å². The van der Waals surface area contributed by atoms with Crippen molar-refractivity contribution in [3.8, 4) is 0 Å². The highest BCUT2D eigenvalue weighted by Crippen LogP contribution is 2.19. The van der Waals surface area contributed by atoms with E-state index in [-0.39, 0.29) is 24.8 Å². The second kappa shape index (κ2) is 7.41. The molecule has 1 aliphatic rings. The molecule has 0 spiro atoms. The smallest absolute Gasteiger partial charge is 0.101 e. The number of hydrogen-bond acceptors (Lipinski definition) is 3. The molecule has 0 aliphatic carbocycles. The average molecular weight is 276 g/mol. The highest BCUT2D eigenvalue weighted by Gasteiger charge is 2.06. The Kier molecular flexibility index (Phi) is 7.00. The van der Waals surface area contributed by atoms with Crippen molar-refractivity contribution in [1.82, 2.24) is 0 Å². The summed E-state index contributed by atoms with van der Waals surface area (Å²) < 4.78 is 0. The van der Waals surface area contributed by atoms with E-state index in [1.165, 1.54) is 18.4 Å². The summed E-state index contributed by atoms with van der Waals surface area (Å²) in [5, 5.41) is 3.37. The zero-order valence-electron chi connectivity index (χ0n) is 9.90. The van der Waals surface area contributed by atoms with Crippen LogP contribution < -0.4 is 11.1 Å². The van der Waals surface area contributed by atoms with Gasteiger partial charge in [-0.05, 0) is 43.5 Å². The largest absolute Gasteiger partial charge is 0.399 e. The number of anilines is 2. The van der Waals surface area contributed by atoms with Gasteiger partial charge in [0, 0.05) is 24.3 Å². The molecule has 2 rings (SSSR count). The number of hydrogen-bond donors (Lipinski definition) is 2. The van der Waals surface area contributed by atoms with Crippen molar-refractivity contribution in [2.75, 3.05) is 17.6 Å². The first-order valence-electron chi connectivity index (χ1n) is 5.42. The summed E-state index contributed by atoms with van der Waals surface area (Å²) in [6, 6.07) is 5.91. The van der Waals surface area contributed by atoms with Gasteiger partial charge in [-0.1, -0.05) is 0 Å². The number of halogens is 2. The maximum absolute atomic E-state index is 5.70. The van der Waals surface area contributed by atoms with E-state index in [4.69, 9.17) is 5.73 Å². The first-order chi connectivity index (χ1) is 7.25. The molecule has 3 nitrogen and oxygen atoms in total. The van der Waals surface area contributed by atoms with E-state index in [2.05, 4.69) is 17.2 Å². The predicted molar refractivity (Wildman–Crippen MR) is 79.9 cm³/mol. The van der Waals surface area contributed by atoms with E-state index in [0.717, 1.165) is 30.2 Å². The van der Waals surface area contributed by atoms with Crippen LogP contribution in [0.2, 0.25) is 0 Å². The summed E-state index contributed by atoms with van der Waals surface area (Å²) in [5.41, 5.74) is 8.80. The van der Waals surface area contributed by atoms with Gasteiger partial charge in [0.25, 0.3) is 0 Å². The third-order valence-corrected chi connectivity index (χ3v) is 2.65. The molecule has 17 heavy (non-hydrogen) atoms. The van der Waals surface area contributed by atoms with Crippen molar-refractivity contribution in [1.29, 1.82) is 0 Å². The number of nitrogens with two attached hydrogens (primary N) is 1. The molecule has 5 heteroatoms. The number of amidine groups is 1. The van der Waals surface area contributed by atoms with Gasteiger partial charge in [0.1, 0.15) is 5.84 Å². The van der Waals surface area contributed by atoms with Crippen LogP contribution in [-0.4, -0.2) is 12.4 Å². The van der Waals surface area contributed by atoms with Gasteiger partial charge in [-0.3, -0.25) is 4.99 Å². The van der Waals surface area contributed by atoms with Crippen molar-refractivity contribution in [3.63, 3.8) is 0 Å². The Balaban J connectivity index is 0.00000128. The second-order valence-corrected chi connectivity index (χ2v) is 3.98. The fourth-order valence-corrected chi connectivity index (χ4v) is 1.78. The van der Waals surface area contributed by atoms with Crippen LogP contribution in [0.1, 0.15) is 24.8 Å². The number of rotatable bonds is 1. The minimum Gasteiger partial charge on any atom is -0.399 e. The van der Waals surface area contributed by atoms with Crippen molar-refractivity contribution in [2.45, 2.75) is 26.2 Å². The number of nitrogen functional groups attached to an aromatic ring is 1. The summed E-state index contributed by atoms with van der Waals surface area (Å²) in [5.74, 6) is 1.11. The monoisotopic (exact) mass is 275 g/mol. The molecular formula is C12H19Cl2N3. The van der Waals surface area contributed by atoms with E-state index in [1.54, 1.807) is 0 Å². The van der Waals surface area contributed by atoms with Gasteiger partial charge in [0.15, 0.2) is 0 Å². The quantitative estimate of drug-likeness (QED) is 0.772. The lowest BCUT2D eigenvalue weighted by atomic mass is 10.1. The molecule has 96 valence electrons. The Bertz CT molecular complexity index is 391. The van der Waals surface area contributed by atoms with Crippen molar-refractivity contribution in [2.24, 2.45) is 4.99 Å². The third-order valence-electron chi connectivity index (χ3n) is 2.65. The highest BCUT2D eigenvalue weighted by atomic mass is 35.5. The van der Waals surface area contributed by atoms with Gasteiger partial charge in [0.05, 0.1) is 0 Å². The van der Waals surface area contributed by atoms with Crippen LogP contribution in [0.25, 0.3) is 0 Å². The summed E-state index contributed by atoms with van der Waals surface area (Å²) in [7, 11) is 0. The normalized spacial score (nSPS) is 14.1. The van der Waals surface area contributed by atoms with Crippen LogP contribution in [-0.2, 0) is 0 Å². The maximum atomic E-state index is 5.70. The minimum atomic E-state index is 0.